The first-order chi connectivity index (χ1) is 10.5. The Labute approximate surface area is 133 Å². The van der Waals surface area contributed by atoms with Crippen LogP contribution in [0.1, 0.15) is 17.0 Å². The standard InChI is InChI=1S/C19H15ClN2/c1-10-8-11(2)21-18-13(10)4-5-15-14(18)6-7-16-17(20)9-12(3)22-19(15)16/h4-9H,1-3H3. The minimum Gasteiger partial charge on any atom is -0.252 e. The van der Waals surface area contributed by atoms with Crippen LogP contribution in [0.2, 0.25) is 5.02 Å². The molecule has 0 bridgehead atoms. The van der Waals surface area contributed by atoms with Crippen LogP contribution in [0.5, 0.6) is 0 Å². The van der Waals surface area contributed by atoms with Crippen molar-refractivity contribution in [3.05, 3.63) is 58.4 Å². The number of aromatic nitrogens is 2. The number of pyridine rings is 2. The molecule has 4 aromatic rings. The number of nitrogens with zero attached hydrogens (tertiary/aromatic N) is 2. The summed E-state index contributed by atoms with van der Waals surface area (Å²) < 4.78 is 0. The van der Waals surface area contributed by atoms with Crippen LogP contribution in [0.25, 0.3) is 32.6 Å². The minimum atomic E-state index is 0.748. The highest BCUT2D eigenvalue weighted by Crippen LogP contribution is 2.33. The van der Waals surface area contributed by atoms with Gasteiger partial charge in [0.05, 0.1) is 16.1 Å². The maximum absolute atomic E-state index is 6.38. The van der Waals surface area contributed by atoms with Crippen LogP contribution >= 0.6 is 11.6 Å². The van der Waals surface area contributed by atoms with Crippen molar-refractivity contribution in [2.75, 3.05) is 0 Å². The van der Waals surface area contributed by atoms with Gasteiger partial charge in [-0.15, -0.1) is 0 Å². The Morgan fingerprint density at radius 1 is 0.682 bits per heavy atom. The molecule has 2 heterocycles. The zero-order chi connectivity index (χ0) is 15.4. The van der Waals surface area contributed by atoms with Gasteiger partial charge in [-0.3, -0.25) is 9.97 Å². The number of halogens is 1. The first-order valence-electron chi connectivity index (χ1n) is 7.31. The van der Waals surface area contributed by atoms with Crippen LogP contribution in [0, 0.1) is 20.8 Å². The molecule has 0 aliphatic rings. The Bertz CT molecular complexity index is 981. The van der Waals surface area contributed by atoms with E-state index >= 15 is 0 Å². The summed E-state index contributed by atoms with van der Waals surface area (Å²) in [4.78, 5) is 9.46. The van der Waals surface area contributed by atoms with Gasteiger partial charge in [0.15, 0.2) is 0 Å². The molecular formula is C19H15ClN2. The van der Waals surface area contributed by atoms with Gasteiger partial charge in [-0.1, -0.05) is 35.9 Å². The molecule has 0 aliphatic heterocycles. The molecule has 3 heteroatoms. The van der Waals surface area contributed by atoms with Crippen LogP contribution < -0.4 is 0 Å². The van der Waals surface area contributed by atoms with Crippen molar-refractivity contribution < 1.29 is 0 Å². The lowest BCUT2D eigenvalue weighted by Gasteiger charge is -2.10. The number of rotatable bonds is 0. The zero-order valence-corrected chi connectivity index (χ0v) is 13.5. The molecule has 0 aliphatic carbocycles. The molecule has 0 spiro atoms. The smallest absolute Gasteiger partial charge is 0.0799 e. The van der Waals surface area contributed by atoms with Crippen molar-refractivity contribution in [2.45, 2.75) is 20.8 Å². The third-order valence-electron chi connectivity index (χ3n) is 4.16. The fraction of sp³-hybridized carbons (Fsp3) is 0.158. The van der Waals surface area contributed by atoms with Crippen LogP contribution in [-0.2, 0) is 0 Å². The SMILES string of the molecule is Cc1cc(C)c2ccc3c(ccc4c(Cl)cc(C)nc43)c2n1. The van der Waals surface area contributed by atoms with Crippen molar-refractivity contribution in [1.29, 1.82) is 0 Å². The number of hydrogen-bond donors (Lipinski definition) is 0. The summed E-state index contributed by atoms with van der Waals surface area (Å²) in [5.41, 5.74) is 5.20. The van der Waals surface area contributed by atoms with E-state index in [1.807, 2.05) is 26.0 Å². The van der Waals surface area contributed by atoms with Gasteiger partial charge in [0, 0.05) is 32.9 Å². The van der Waals surface area contributed by atoms with Crippen molar-refractivity contribution in [1.82, 2.24) is 9.97 Å². The predicted molar refractivity (Wildman–Crippen MR) is 93.8 cm³/mol. The van der Waals surface area contributed by atoms with Gasteiger partial charge >= 0.3 is 0 Å². The Morgan fingerprint density at radius 3 is 1.86 bits per heavy atom. The largest absolute Gasteiger partial charge is 0.252 e. The first kappa shape index (κ1) is 13.5. The highest BCUT2D eigenvalue weighted by Gasteiger charge is 2.10. The number of hydrogen-bond acceptors (Lipinski definition) is 2. The van der Waals surface area contributed by atoms with Crippen molar-refractivity contribution in [3.63, 3.8) is 0 Å². The molecule has 0 radical (unpaired) electrons. The van der Waals surface area contributed by atoms with Gasteiger partial charge in [0.25, 0.3) is 0 Å². The lowest BCUT2D eigenvalue weighted by molar-refractivity contribution is 1.24. The van der Waals surface area contributed by atoms with E-state index in [9.17, 15) is 0 Å². The van der Waals surface area contributed by atoms with E-state index in [-0.39, 0.29) is 0 Å². The summed E-state index contributed by atoms with van der Waals surface area (Å²) in [5, 5.41) is 5.16. The number of benzene rings is 2. The molecule has 2 aromatic heterocycles. The maximum atomic E-state index is 6.38. The fourth-order valence-corrected chi connectivity index (χ4v) is 3.51. The van der Waals surface area contributed by atoms with E-state index in [0.717, 1.165) is 43.6 Å². The van der Waals surface area contributed by atoms with Crippen molar-refractivity contribution in [2.24, 2.45) is 0 Å². The van der Waals surface area contributed by atoms with Crippen LogP contribution in [-0.4, -0.2) is 9.97 Å². The molecule has 0 atom stereocenters. The molecule has 108 valence electrons. The van der Waals surface area contributed by atoms with E-state index in [4.69, 9.17) is 21.6 Å². The summed E-state index contributed by atoms with van der Waals surface area (Å²) >= 11 is 6.38. The molecule has 2 nitrogen and oxygen atoms in total. The van der Waals surface area contributed by atoms with Gasteiger partial charge in [0.2, 0.25) is 0 Å². The van der Waals surface area contributed by atoms with E-state index in [1.54, 1.807) is 0 Å². The van der Waals surface area contributed by atoms with Crippen molar-refractivity contribution >= 4 is 44.2 Å². The van der Waals surface area contributed by atoms with Gasteiger partial charge in [-0.2, -0.15) is 0 Å². The average Bonchev–Trinajstić information content (AvgIpc) is 2.46. The Morgan fingerprint density at radius 2 is 1.18 bits per heavy atom. The Kier molecular flexibility index (Phi) is 2.85. The third kappa shape index (κ3) is 1.87. The molecule has 4 rings (SSSR count). The van der Waals surface area contributed by atoms with E-state index < -0.39 is 0 Å². The lowest BCUT2D eigenvalue weighted by Crippen LogP contribution is -1.91. The zero-order valence-electron chi connectivity index (χ0n) is 12.7. The van der Waals surface area contributed by atoms with Crippen LogP contribution in [0.15, 0.2) is 36.4 Å². The fourth-order valence-electron chi connectivity index (χ4n) is 3.20. The van der Waals surface area contributed by atoms with E-state index in [2.05, 4.69) is 31.2 Å². The van der Waals surface area contributed by atoms with Crippen LogP contribution in [0.3, 0.4) is 0 Å². The average molecular weight is 307 g/mol. The summed E-state index contributed by atoms with van der Waals surface area (Å²) in [7, 11) is 0. The highest BCUT2D eigenvalue weighted by atomic mass is 35.5. The molecule has 0 saturated heterocycles. The Balaban J connectivity index is 2.27. The molecule has 0 fully saturated rings. The monoisotopic (exact) mass is 306 g/mol. The predicted octanol–water partition coefficient (Wildman–Crippen LogP) is 5.51. The maximum Gasteiger partial charge on any atom is 0.0799 e. The van der Waals surface area contributed by atoms with Gasteiger partial charge in [-0.05, 0) is 38.5 Å². The van der Waals surface area contributed by atoms with Crippen molar-refractivity contribution in [3.8, 4) is 0 Å². The van der Waals surface area contributed by atoms with Gasteiger partial charge in [-0.25, -0.2) is 0 Å². The molecular weight excluding hydrogens is 292 g/mol. The third-order valence-corrected chi connectivity index (χ3v) is 4.48. The number of fused-ring (bicyclic) bond motifs is 5. The summed E-state index contributed by atoms with van der Waals surface area (Å²) in [6.07, 6.45) is 0. The van der Waals surface area contributed by atoms with Gasteiger partial charge in [0.1, 0.15) is 0 Å². The number of aryl methyl sites for hydroxylation is 3. The highest BCUT2D eigenvalue weighted by molar-refractivity contribution is 6.36. The molecule has 2 aromatic carbocycles. The summed E-state index contributed by atoms with van der Waals surface area (Å²) in [6, 6.07) is 12.4. The molecule has 0 saturated carbocycles. The summed E-state index contributed by atoms with van der Waals surface area (Å²) in [5.74, 6) is 0. The van der Waals surface area contributed by atoms with Crippen LogP contribution in [0.4, 0.5) is 0 Å². The quantitative estimate of drug-likeness (QED) is 0.400. The molecule has 22 heavy (non-hydrogen) atoms. The van der Waals surface area contributed by atoms with Gasteiger partial charge < -0.3 is 0 Å². The second-order valence-corrected chi connectivity index (χ2v) is 6.25. The first-order valence-corrected chi connectivity index (χ1v) is 7.69. The molecule has 0 N–H and O–H groups in total. The van der Waals surface area contributed by atoms with E-state index in [0.29, 0.717) is 0 Å². The lowest BCUT2D eigenvalue weighted by atomic mass is 10.00. The summed E-state index contributed by atoms with van der Waals surface area (Å²) in [6.45, 7) is 6.13. The second kappa shape index (κ2) is 4.65. The van der Waals surface area contributed by atoms with E-state index in [1.165, 1.54) is 10.9 Å². The molecule has 0 amide bonds. The topological polar surface area (TPSA) is 25.8 Å². The minimum absolute atomic E-state index is 0.748. The Hall–Kier alpha value is -2.19. The second-order valence-electron chi connectivity index (χ2n) is 5.84. The molecule has 0 unspecified atom stereocenters. The normalized spacial score (nSPS) is 11.6.